The van der Waals surface area contributed by atoms with Gasteiger partial charge in [-0.05, 0) is 36.1 Å². The van der Waals surface area contributed by atoms with Crippen LogP contribution in [0.4, 0.5) is 17.5 Å². The Kier molecular flexibility index (Phi) is 5.91. The minimum Gasteiger partial charge on any atom is -0.496 e. The molecule has 1 heterocycles. The van der Waals surface area contributed by atoms with E-state index in [1.807, 2.05) is 30.3 Å². The van der Waals surface area contributed by atoms with Gasteiger partial charge in [0.05, 0.1) is 7.11 Å². The molecule has 0 fully saturated rings. The summed E-state index contributed by atoms with van der Waals surface area (Å²) >= 11 is 0. The summed E-state index contributed by atoms with van der Waals surface area (Å²) in [5, 5.41) is 6.74. The van der Waals surface area contributed by atoms with E-state index in [0.717, 1.165) is 22.8 Å². The molecule has 3 aromatic rings. The summed E-state index contributed by atoms with van der Waals surface area (Å²) in [5.74, 6) is 2.62. The van der Waals surface area contributed by atoms with E-state index in [-0.39, 0.29) is 0 Å². The molecule has 0 spiro atoms. The first-order chi connectivity index (χ1) is 13.1. The monoisotopic (exact) mass is 362 g/mol. The molecule has 0 aliphatic carbocycles. The van der Waals surface area contributed by atoms with Gasteiger partial charge in [0.25, 0.3) is 0 Å². The molecule has 140 valence electrons. The molecular weight excluding hydrogens is 336 g/mol. The van der Waals surface area contributed by atoms with E-state index in [1.54, 1.807) is 13.3 Å². The third kappa shape index (κ3) is 4.56. The normalized spacial score (nSPS) is 10.7. The van der Waals surface area contributed by atoms with Gasteiger partial charge in [-0.25, -0.2) is 4.98 Å². The average molecular weight is 362 g/mol. The second-order valence-electron chi connectivity index (χ2n) is 6.75. The SMILES string of the molecule is COc1ccccc1CNc1ccnc(Nc2c(C)cccc2C(C)C)n1. The summed E-state index contributed by atoms with van der Waals surface area (Å²) in [5.41, 5.74) is 4.59. The van der Waals surface area contributed by atoms with Gasteiger partial charge in [-0.3, -0.25) is 0 Å². The number of para-hydroxylation sites is 2. The van der Waals surface area contributed by atoms with Crippen molar-refractivity contribution in [3.63, 3.8) is 0 Å². The summed E-state index contributed by atoms with van der Waals surface area (Å²) in [4.78, 5) is 8.98. The maximum absolute atomic E-state index is 5.40. The maximum atomic E-state index is 5.40. The lowest BCUT2D eigenvalue weighted by molar-refractivity contribution is 0.410. The lowest BCUT2D eigenvalue weighted by Crippen LogP contribution is -2.07. The molecule has 0 saturated heterocycles. The van der Waals surface area contributed by atoms with Crippen molar-refractivity contribution in [2.75, 3.05) is 17.7 Å². The topological polar surface area (TPSA) is 59.1 Å². The summed E-state index contributed by atoms with van der Waals surface area (Å²) in [7, 11) is 1.68. The predicted octanol–water partition coefficient (Wildman–Crippen LogP) is 5.27. The average Bonchev–Trinajstić information content (AvgIpc) is 2.68. The van der Waals surface area contributed by atoms with Crippen molar-refractivity contribution in [1.29, 1.82) is 0 Å². The van der Waals surface area contributed by atoms with Crippen molar-refractivity contribution in [3.05, 3.63) is 71.4 Å². The van der Waals surface area contributed by atoms with E-state index < -0.39 is 0 Å². The Labute approximate surface area is 160 Å². The van der Waals surface area contributed by atoms with Crippen molar-refractivity contribution >= 4 is 17.5 Å². The van der Waals surface area contributed by atoms with Gasteiger partial charge in [0.1, 0.15) is 11.6 Å². The number of methoxy groups -OCH3 is 1. The Morgan fingerprint density at radius 3 is 2.63 bits per heavy atom. The molecule has 0 amide bonds. The Hall–Kier alpha value is -3.08. The molecule has 1 aromatic heterocycles. The molecule has 0 bridgehead atoms. The molecule has 5 nitrogen and oxygen atoms in total. The van der Waals surface area contributed by atoms with Crippen LogP contribution in [0.15, 0.2) is 54.7 Å². The number of aromatic nitrogens is 2. The van der Waals surface area contributed by atoms with Crippen LogP contribution in [0.5, 0.6) is 5.75 Å². The number of ether oxygens (including phenoxy) is 1. The van der Waals surface area contributed by atoms with Gasteiger partial charge >= 0.3 is 0 Å². The van der Waals surface area contributed by atoms with Gasteiger partial charge in [0, 0.05) is 24.0 Å². The van der Waals surface area contributed by atoms with Crippen LogP contribution in [0.2, 0.25) is 0 Å². The molecule has 27 heavy (non-hydrogen) atoms. The molecule has 2 aromatic carbocycles. The van der Waals surface area contributed by atoms with Crippen molar-refractivity contribution < 1.29 is 4.74 Å². The Morgan fingerprint density at radius 2 is 1.85 bits per heavy atom. The van der Waals surface area contributed by atoms with Crippen molar-refractivity contribution in [2.45, 2.75) is 33.2 Å². The minimum absolute atomic E-state index is 0.416. The van der Waals surface area contributed by atoms with Crippen LogP contribution in [-0.2, 0) is 6.54 Å². The van der Waals surface area contributed by atoms with Crippen molar-refractivity contribution in [1.82, 2.24) is 9.97 Å². The van der Waals surface area contributed by atoms with Gasteiger partial charge in [0.15, 0.2) is 0 Å². The van der Waals surface area contributed by atoms with Crippen LogP contribution in [0.3, 0.4) is 0 Å². The van der Waals surface area contributed by atoms with E-state index in [1.165, 1.54) is 11.1 Å². The van der Waals surface area contributed by atoms with Crippen LogP contribution in [0.1, 0.15) is 36.5 Å². The molecule has 0 unspecified atom stereocenters. The largest absolute Gasteiger partial charge is 0.496 e. The zero-order valence-corrected chi connectivity index (χ0v) is 16.3. The highest BCUT2D eigenvalue weighted by Crippen LogP contribution is 2.29. The Balaban J connectivity index is 1.77. The van der Waals surface area contributed by atoms with Crippen LogP contribution >= 0.6 is 0 Å². The second kappa shape index (κ2) is 8.54. The summed E-state index contributed by atoms with van der Waals surface area (Å²) in [6.45, 7) is 7.10. The first-order valence-corrected chi connectivity index (χ1v) is 9.14. The van der Waals surface area contributed by atoms with Crippen LogP contribution in [0.25, 0.3) is 0 Å². The summed E-state index contributed by atoms with van der Waals surface area (Å²) < 4.78 is 5.40. The van der Waals surface area contributed by atoms with Gasteiger partial charge in [-0.1, -0.05) is 50.2 Å². The third-order valence-electron chi connectivity index (χ3n) is 4.47. The standard InChI is InChI=1S/C22H26N4O/c1-15(2)18-10-7-8-16(3)21(18)26-22-23-13-12-20(25-22)24-14-17-9-5-6-11-19(17)27-4/h5-13,15H,14H2,1-4H3,(H2,23,24,25,26). The molecule has 0 saturated carbocycles. The van der Waals surface area contributed by atoms with Crippen molar-refractivity contribution in [3.8, 4) is 5.75 Å². The lowest BCUT2D eigenvalue weighted by atomic mass is 9.98. The summed E-state index contributed by atoms with van der Waals surface area (Å²) in [6, 6.07) is 16.1. The van der Waals surface area contributed by atoms with Crippen LogP contribution in [-0.4, -0.2) is 17.1 Å². The zero-order chi connectivity index (χ0) is 19.2. The zero-order valence-electron chi connectivity index (χ0n) is 16.3. The van der Waals surface area contributed by atoms with Gasteiger partial charge in [-0.2, -0.15) is 4.98 Å². The predicted molar refractivity (Wildman–Crippen MR) is 111 cm³/mol. The highest BCUT2D eigenvalue weighted by atomic mass is 16.5. The first kappa shape index (κ1) is 18.7. The fourth-order valence-electron chi connectivity index (χ4n) is 3.01. The highest BCUT2D eigenvalue weighted by Gasteiger charge is 2.11. The molecule has 3 rings (SSSR count). The number of hydrogen-bond donors (Lipinski definition) is 2. The van der Waals surface area contributed by atoms with Gasteiger partial charge in [-0.15, -0.1) is 0 Å². The van der Waals surface area contributed by atoms with E-state index in [9.17, 15) is 0 Å². The third-order valence-corrected chi connectivity index (χ3v) is 4.47. The minimum atomic E-state index is 0.416. The first-order valence-electron chi connectivity index (χ1n) is 9.14. The second-order valence-corrected chi connectivity index (χ2v) is 6.75. The Morgan fingerprint density at radius 1 is 1.04 bits per heavy atom. The fourth-order valence-corrected chi connectivity index (χ4v) is 3.01. The smallest absolute Gasteiger partial charge is 0.229 e. The molecule has 0 aliphatic heterocycles. The Bertz CT molecular complexity index is 908. The number of anilines is 3. The molecule has 5 heteroatoms. The van der Waals surface area contributed by atoms with E-state index >= 15 is 0 Å². The molecule has 0 radical (unpaired) electrons. The summed E-state index contributed by atoms with van der Waals surface area (Å²) in [6.07, 6.45) is 1.76. The molecular formula is C22H26N4O. The highest BCUT2D eigenvalue weighted by molar-refractivity contribution is 5.64. The fraction of sp³-hybridized carbons (Fsp3) is 0.273. The van der Waals surface area contributed by atoms with E-state index in [4.69, 9.17) is 4.74 Å². The number of benzene rings is 2. The molecule has 2 N–H and O–H groups in total. The van der Waals surface area contributed by atoms with Gasteiger partial charge in [0.2, 0.25) is 5.95 Å². The molecule has 0 aliphatic rings. The quantitative estimate of drug-likeness (QED) is 0.599. The van der Waals surface area contributed by atoms with Crippen LogP contribution < -0.4 is 15.4 Å². The van der Waals surface area contributed by atoms with Crippen molar-refractivity contribution in [2.24, 2.45) is 0 Å². The number of aryl methyl sites for hydroxylation is 1. The van der Waals surface area contributed by atoms with Crippen LogP contribution in [0, 0.1) is 6.92 Å². The number of rotatable bonds is 7. The number of nitrogens with zero attached hydrogens (tertiary/aromatic N) is 2. The number of nitrogens with one attached hydrogen (secondary N) is 2. The van der Waals surface area contributed by atoms with E-state index in [0.29, 0.717) is 18.4 Å². The van der Waals surface area contributed by atoms with Gasteiger partial charge < -0.3 is 15.4 Å². The lowest BCUT2D eigenvalue weighted by Gasteiger charge is -2.17. The molecule has 0 atom stereocenters. The number of hydrogen-bond acceptors (Lipinski definition) is 5. The van der Waals surface area contributed by atoms with E-state index in [2.05, 4.69) is 59.6 Å². The maximum Gasteiger partial charge on any atom is 0.229 e.